The molecule has 2 atom stereocenters. The lowest BCUT2D eigenvalue weighted by Gasteiger charge is -2.24. The predicted molar refractivity (Wildman–Crippen MR) is 68.8 cm³/mol. The lowest BCUT2D eigenvalue weighted by atomic mass is 9.82. The first-order valence-electron chi connectivity index (χ1n) is 6.75. The number of aromatic nitrogens is 2. The second-order valence-corrected chi connectivity index (χ2v) is 5.61. The fourth-order valence-electron chi connectivity index (χ4n) is 3.19. The maximum atomic E-state index is 11.4. The Bertz CT molecular complexity index is 505. The van der Waals surface area contributed by atoms with Crippen molar-refractivity contribution in [2.75, 3.05) is 39.8 Å². The van der Waals surface area contributed by atoms with Gasteiger partial charge in [-0.3, -0.25) is 9.69 Å². The molecule has 1 aromatic rings. The summed E-state index contributed by atoms with van der Waals surface area (Å²) in [5, 5.41) is 19.1. The number of aliphatic hydroxyl groups excluding tert-OH is 1. The Morgan fingerprint density at radius 3 is 3.25 bits per heavy atom. The lowest BCUT2D eigenvalue weighted by Crippen LogP contribution is -2.35. The van der Waals surface area contributed by atoms with Crippen molar-refractivity contribution in [3.8, 4) is 0 Å². The highest BCUT2D eigenvalue weighted by Crippen LogP contribution is 2.38. The van der Waals surface area contributed by atoms with E-state index in [-0.39, 0.29) is 23.8 Å². The van der Waals surface area contributed by atoms with Gasteiger partial charge in [0.05, 0.1) is 13.2 Å². The molecule has 8 nitrogen and oxygen atoms in total. The highest BCUT2D eigenvalue weighted by molar-refractivity contribution is 5.89. The molecular weight excluding hydrogens is 262 g/mol. The minimum absolute atomic E-state index is 0.0519. The third-order valence-corrected chi connectivity index (χ3v) is 4.32. The number of carbonyl (C=O) groups is 1. The van der Waals surface area contributed by atoms with Crippen molar-refractivity contribution in [3.05, 3.63) is 11.7 Å². The number of hydrogen-bond acceptors (Lipinski definition) is 7. The number of carbonyl (C=O) groups excluding carboxylic acids is 1. The zero-order valence-corrected chi connectivity index (χ0v) is 11.4. The van der Waals surface area contributed by atoms with E-state index < -0.39 is 0 Å². The van der Waals surface area contributed by atoms with Gasteiger partial charge in [0.15, 0.2) is 0 Å². The molecule has 3 N–H and O–H groups in total. The highest BCUT2D eigenvalue weighted by Gasteiger charge is 2.49. The van der Waals surface area contributed by atoms with E-state index in [0.29, 0.717) is 18.4 Å². The summed E-state index contributed by atoms with van der Waals surface area (Å²) in [7, 11) is 1.53. The number of likely N-dealkylation sites (tertiary alicyclic amines) is 1. The van der Waals surface area contributed by atoms with Gasteiger partial charge in [-0.05, 0) is 12.5 Å². The third kappa shape index (κ3) is 2.19. The minimum atomic E-state index is -0.352. The van der Waals surface area contributed by atoms with Crippen molar-refractivity contribution in [2.45, 2.75) is 6.54 Å². The standard InChI is InChI=1S/C12H19N5O3/c1-13-11(19)10-15-9(20-16-10)4-17-3-8-2-14-5-12(8,6-17)7-18/h8,14,18H,2-7H2,1H3,(H,13,19). The van der Waals surface area contributed by atoms with E-state index in [9.17, 15) is 9.90 Å². The summed E-state index contributed by atoms with van der Waals surface area (Å²) >= 11 is 0. The molecule has 0 spiro atoms. The summed E-state index contributed by atoms with van der Waals surface area (Å²) in [5.41, 5.74) is -0.0519. The number of fused-ring (bicyclic) bond motifs is 1. The van der Waals surface area contributed by atoms with Crippen molar-refractivity contribution < 1.29 is 14.4 Å². The summed E-state index contributed by atoms with van der Waals surface area (Å²) in [6.45, 7) is 4.18. The van der Waals surface area contributed by atoms with Gasteiger partial charge in [0.2, 0.25) is 5.89 Å². The Morgan fingerprint density at radius 2 is 2.55 bits per heavy atom. The molecule has 110 valence electrons. The van der Waals surface area contributed by atoms with Gasteiger partial charge in [-0.15, -0.1) is 0 Å². The van der Waals surface area contributed by atoms with Crippen molar-refractivity contribution in [1.82, 2.24) is 25.7 Å². The molecular formula is C12H19N5O3. The molecule has 1 amide bonds. The molecule has 8 heteroatoms. The fraction of sp³-hybridized carbons (Fsp3) is 0.750. The number of hydrogen-bond donors (Lipinski definition) is 3. The number of nitrogens with zero attached hydrogens (tertiary/aromatic N) is 3. The van der Waals surface area contributed by atoms with Crippen LogP contribution in [0, 0.1) is 11.3 Å². The molecule has 2 unspecified atom stereocenters. The molecule has 2 saturated heterocycles. The zero-order chi connectivity index (χ0) is 14.2. The molecule has 0 aliphatic carbocycles. The summed E-state index contributed by atoms with van der Waals surface area (Å²) in [6.07, 6.45) is 0. The monoisotopic (exact) mass is 281 g/mol. The van der Waals surface area contributed by atoms with Crippen molar-refractivity contribution in [1.29, 1.82) is 0 Å². The largest absolute Gasteiger partial charge is 0.396 e. The van der Waals surface area contributed by atoms with E-state index in [1.165, 1.54) is 7.05 Å². The summed E-state index contributed by atoms with van der Waals surface area (Å²) < 4.78 is 5.10. The van der Waals surface area contributed by atoms with E-state index in [4.69, 9.17) is 4.52 Å². The van der Waals surface area contributed by atoms with E-state index in [2.05, 4.69) is 25.7 Å². The first-order valence-corrected chi connectivity index (χ1v) is 6.75. The molecule has 3 heterocycles. The first-order chi connectivity index (χ1) is 9.66. The number of amides is 1. The Balaban J connectivity index is 1.65. The van der Waals surface area contributed by atoms with Crippen LogP contribution in [0.5, 0.6) is 0 Å². The topological polar surface area (TPSA) is 104 Å². The van der Waals surface area contributed by atoms with E-state index in [1.807, 2.05) is 0 Å². The van der Waals surface area contributed by atoms with Crippen LogP contribution < -0.4 is 10.6 Å². The first kappa shape index (κ1) is 13.5. The van der Waals surface area contributed by atoms with E-state index >= 15 is 0 Å². The Morgan fingerprint density at radius 1 is 1.70 bits per heavy atom. The van der Waals surface area contributed by atoms with Gasteiger partial charge >= 0.3 is 0 Å². The maximum Gasteiger partial charge on any atom is 0.292 e. The fourth-order valence-corrected chi connectivity index (χ4v) is 3.19. The van der Waals surface area contributed by atoms with Crippen molar-refractivity contribution in [3.63, 3.8) is 0 Å². The molecule has 2 aliphatic rings. The third-order valence-electron chi connectivity index (χ3n) is 4.32. The zero-order valence-electron chi connectivity index (χ0n) is 11.4. The average Bonchev–Trinajstić information content (AvgIpc) is 3.12. The van der Waals surface area contributed by atoms with Gasteiger partial charge in [-0.1, -0.05) is 5.16 Å². The second-order valence-electron chi connectivity index (χ2n) is 5.61. The molecule has 20 heavy (non-hydrogen) atoms. The molecule has 2 aliphatic heterocycles. The van der Waals surface area contributed by atoms with Crippen LogP contribution in [0.4, 0.5) is 0 Å². The van der Waals surface area contributed by atoms with Crippen LogP contribution in [0.25, 0.3) is 0 Å². The molecule has 3 rings (SSSR count). The average molecular weight is 281 g/mol. The van der Waals surface area contributed by atoms with Crippen LogP contribution >= 0.6 is 0 Å². The second kappa shape index (κ2) is 5.12. The van der Waals surface area contributed by atoms with E-state index in [0.717, 1.165) is 26.2 Å². The Hall–Kier alpha value is -1.51. The molecule has 0 bridgehead atoms. The molecule has 0 saturated carbocycles. The summed E-state index contributed by atoms with van der Waals surface area (Å²) in [4.78, 5) is 17.6. The van der Waals surface area contributed by atoms with Gasteiger partial charge in [0.25, 0.3) is 11.7 Å². The number of rotatable bonds is 4. The van der Waals surface area contributed by atoms with Crippen molar-refractivity contribution >= 4 is 5.91 Å². The molecule has 2 fully saturated rings. The normalized spacial score (nSPS) is 29.6. The van der Waals surface area contributed by atoms with Gasteiger partial charge in [0.1, 0.15) is 0 Å². The van der Waals surface area contributed by atoms with Crippen molar-refractivity contribution in [2.24, 2.45) is 11.3 Å². The predicted octanol–water partition coefficient (Wildman–Crippen LogP) is -1.56. The van der Waals surface area contributed by atoms with E-state index in [1.54, 1.807) is 0 Å². The van der Waals surface area contributed by atoms with Gasteiger partial charge in [0, 0.05) is 32.1 Å². The summed E-state index contributed by atoms with van der Waals surface area (Å²) in [6, 6.07) is 0. The van der Waals surface area contributed by atoms with Gasteiger partial charge in [-0.2, -0.15) is 4.98 Å². The Kier molecular flexibility index (Phi) is 3.45. The smallest absolute Gasteiger partial charge is 0.292 e. The van der Waals surface area contributed by atoms with Crippen LogP contribution in [0.1, 0.15) is 16.5 Å². The van der Waals surface area contributed by atoms with Gasteiger partial charge < -0.3 is 20.3 Å². The van der Waals surface area contributed by atoms with Crippen LogP contribution in [0.3, 0.4) is 0 Å². The van der Waals surface area contributed by atoms with Crippen LogP contribution in [-0.4, -0.2) is 65.9 Å². The van der Waals surface area contributed by atoms with Gasteiger partial charge in [-0.25, -0.2) is 0 Å². The lowest BCUT2D eigenvalue weighted by molar-refractivity contribution is 0.0950. The highest BCUT2D eigenvalue weighted by atomic mass is 16.5. The Labute approximate surface area is 116 Å². The molecule has 0 radical (unpaired) electrons. The number of aliphatic hydroxyl groups is 1. The SMILES string of the molecule is CNC(=O)c1noc(CN2CC3CNCC3(CO)C2)n1. The molecule has 0 aromatic carbocycles. The van der Waals surface area contributed by atoms with Crippen LogP contribution in [0.2, 0.25) is 0 Å². The minimum Gasteiger partial charge on any atom is -0.396 e. The van der Waals surface area contributed by atoms with Crippen LogP contribution in [-0.2, 0) is 6.54 Å². The number of nitrogens with one attached hydrogen (secondary N) is 2. The quantitative estimate of drug-likeness (QED) is 0.613. The molecule has 1 aromatic heterocycles. The van der Waals surface area contributed by atoms with Crippen LogP contribution in [0.15, 0.2) is 4.52 Å². The maximum absolute atomic E-state index is 11.4. The summed E-state index contributed by atoms with van der Waals surface area (Å²) in [5.74, 6) is 0.591.